The number of sulfonamides is 1. The summed E-state index contributed by atoms with van der Waals surface area (Å²) in [7, 11) is 0.852. The number of hydrogen-bond donors (Lipinski definition) is 1. The third kappa shape index (κ3) is 2.43. The van der Waals surface area contributed by atoms with Crippen LogP contribution in [0.2, 0.25) is 0 Å². The third-order valence-electron chi connectivity index (χ3n) is 1.90. The highest BCUT2D eigenvalue weighted by atomic mass is 32.2. The molecule has 1 saturated heterocycles. The van der Waals surface area contributed by atoms with Gasteiger partial charge in [-0.3, -0.25) is 0 Å². The molecule has 4 nitrogen and oxygen atoms in total. The van der Waals surface area contributed by atoms with Crippen molar-refractivity contribution >= 4 is 10.0 Å². The van der Waals surface area contributed by atoms with Crippen LogP contribution in [0.4, 0.5) is 0 Å². The Morgan fingerprint density at radius 3 is 2.18 bits per heavy atom. The summed E-state index contributed by atoms with van der Waals surface area (Å²) < 4.78 is 23.5. The average Bonchev–Trinajstić information content (AvgIpc) is 1.86. The predicted molar refractivity (Wildman–Crippen MR) is 42.5 cm³/mol. The van der Waals surface area contributed by atoms with E-state index in [4.69, 9.17) is 0 Å². The molecule has 0 bridgehead atoms. The second kappa shape index (κ2) is 3.08. The zero-order valence-corrected chi connectivity index (χ0v) is 7.52. The SMILES string of the molecule is [CH2-][NH+]1CCN(S(C)(=O)=O)CC1. The molecule has 0 spiro atoms. The molecule has 0 radical (unpaired) electrons. The molecular formula is C6H14N2O2S. The molecule has 0 aromatic heterocycles. The first kappa shape index (κ1) is 8.96. The lowest BCUT2D eigenvalue weighted by Crippen LogP contribution is -3.10. The molecular weight excluding hydrogens is 164 g/mol. The van der Waals surface area contributed by atoms with Crippen LogP contribution in [0.25, 0.3) is 0 Å². The van der Waals surface area contributed by atoms with Crippen molar-refractivity contribution in [3.05, 3.63) is 7.05 Å². The number of rotatable bonds is 1. The van der Waals surface area contributed by atoms with Gasteiger partial charge in [0.2, 0.25) is 10.0 Å². The minimum Gasteiger partial charge on any atom is -0.466 e. The monoisotopic (exact) mass is 178 g/mol. The third-order valence-corrected chi connectivity index (χ3v) is 3.20. The Labute approximate surface area is 67.8 Å². The molecule has 0 aromatic rings. The van der Waals surface area contributed by atoms with Gasteiger partial charge in [0.15, 0.2) is 0 Å². The van der Waals surface area contributed by atoms with E-state index in [1.807, 2.05) is 0 Å². The smallest absolute Gasteiger partial charge is 0.211 e. The van der Waals surface area contributed by atoms with Crippen molar-refractivity contribution in [3.63, 3.8) is 0 Å². The molecule has 1 aliphatic rings. The van der Waals surface area contributed by atoms with Crippen LogP contribution in [0.3, 0.4) is 0 Å². The van der Waals surface area contributed by atoms with Gasteiger partial charge in [-0.15, -0.1) is 0 Å². The Kier molecular flexibility index (Phi) is 2.51. The van der Waals surface area contributed by atoms with E-state index in [9.17, 15) is 8.42 Å². The highest BCUT2D eigenvalue weighted by Gasteiger charge is 2.21. The van der Waals surface area contributed by atoms with Crippen molar-refractivity contribution in [1.29, 1.82) is 0 Å². The molecule has 1 fully saturated rings. The molecule has 0 amide bonds. The molecule has 0 unspecified atom stereocenters. The summed E-state index contributed by atoms with van der Waals surface area (Å²) in [4.78, 5) is 1.16. The summed E-state index contributed by atoms with van der Waals surface area (Å²) in [5.74, 6) is 0. The van der Waals surface area contributed by atoms with Gasteiger partial charge in [-0.05, 0) is 0 Å². The minimum atomic E-state index is -2.96. The van der Waals surface area contributed by atoms with Crippen LogP contribution < -0.4 is 4.90 Å². The van der Waals surface area contributed by atoms with Crippen LogP contribution in [0.15, 0.2) is 0 Å². The van der Waals surface area contributed by atoms with Crippen LogP contribution in [-0.4, -0.2) is 45.2 Å². The molecule has 1 aliphatic heterocycles. The van der Waals surface area contributed by atoms with E-state index in [2.05, 4.69) is 7.05 Å². The summed E-state index contributed by atoms with van der Waals surface area (Å²) in [6.45, 7) is 2.84. The van der Waals surface area contributed by atoms with Crippen LogP contribution in [0, 0.1) is 7.05 Å². The molecule has 0 saturated carbocycles. The van der Waals surface area contributed by atoms with E-state index < -0.39 is 10.0 Å². The van der Waals surface area contributed by atoms with Gasteiger partial charge in [-0.2, -0.15) is 11.4 Å². The summed E-state index contributed by atoms with van der Waals surface area (Å²) in [5, 5.41) is 0. The average molecular weight is 178 g/mol. The molecule has 0 atom stereocenters. The Morgan fingerprint density at radius 1 is 1.36 bits per heavy atom. The van der Waals surface area contributed by atoms with Crippen molar-refractivity contribution in [2.45, 2.75) is 0 Å². The minimum absolute atomic E-state index is 0.609. The lowest BCUT2D eigenvalue weighted by molar-refractivity contribution is -0.857. The fraction of sp³-hybridized carbons (Fsp3) is 0.833. The van der Waals surface area contributed by atoms with Gasteiger partial charge in [0.25, 0.3) is 0 Å². The maximum Gasteiger partial charge on any atom is 0.211 e. The maximum atomic E-state index is 11.0. The van der Waals surface area contributed by atoms with Gasteiger partial charge in [0.05, 0.1) is 32.4 Å². The summed E-state index contributed by atoms with van der Waals surface area (Å²) in [6, 6.07) is 0. The van der Waals surface area contributed by atoms with Gasteiger partial charge < -0.3 is 4.90 Å². The van der Waals surface area contributed by atoms with Crippen molar-refractivity contribution in [2.24, 2.45) is 0 Å². The zero-order valence-electron chi connectivity index (χ0n) is 6.71. The largest absolute Gasteiger partial charge is 0.466 e. The first-order valence-electron chi connectivity index (χ1n) is 3.62. The van der Waals surface area contributed by atoms with Gasteiger partial charge in [0.1, 0.15) is 0 Å². The Balaban J connectivity index is 2.53. The summed E-state index contributed by atoms with van der Waals surface area (Å²) in [6.07, 6.45) is 1.25. The van der Waals surface area contributed by atoms with Gasteiger partial charge in [-0.25, -0.2) is 8.42 Å². The Hall–Kier alpha value is -0.130. The fourth-order valence-electron chi connectivity index (χ4n) is 1.13. The maximum absolute atomic E-state index is 11.0. The first-order valence-corrected chi connectivity index (χ1v) is 5.47. The topological polar surface area (TPSA) is 41.8 Å². The lowest BCUT2D eigenvalue weighted by Gasteiger charge is -2.32. The fourth-order valence-corrected chi connectivity index (χ4v) is 1.98. The molecule has 11 heavy (non-hydrogen) atoms. The second-order valence-electron chi connectivity index (χ2n) is 2.91. The van der Waals surface area contributed by atoms with Crippen LogP contribution in [-0.2, 0) is 10.0 Å². The lowest BCUT2D eigenvalue weighted by atomic mass is 10.4. The van der Waals surface area contributed by atoms with Crippen LogP contribution in [0.5, 0.6) is 0 Å². The van der Waals surface area contributed by atoms with Gasteiger partial charge in [-0.1, -0.05) is 0 Å². The first-order chi connectivity index (χ1) is 5.00. The second-order valence-corrected chi connectivity index (χ2v) is 4.89. The quantitative estimate of drug-likeness (QED) is 0.469. The van der Waals surface area contributed by atoms with Crippen LogP contribution >= 0.6 is 0 Å². The van der Waals surface area contributed by atoms with E-state index >= 15 is 0 Å². The normalized spacial score (nSPS) is 23.8. The van der Waals surface area contributed by atoms with E-state index in [1.165, 1.54) is 10.6 Å². The molecule has 66 valence electrons. The molecule has 1 rings (SSSR count). The molecule has 0 aromatic carbocycles. The van der Waals surface area contributed by atoms with Gasteiger partial charge in [0, 0.05) is 0 Å². The molecule has 0 aliphatic carbocycles. The van der Waals surface area contributed by atoms with Crippen molar-refractivity contribution in [2.75, 3.05) is 32.4 Å². The number of piperazine rings is 1. The molecule has 1 heterocycles. The van der Waals surface area contributed by atoms with Crippen LogP contribution in [0.1, 0.15) is 0 Å². The van der Waals surface area contributed by atoms with Crippen molar-refractivity contribution in [1.82, 2.24) is 4.31 Å². The highest BCUT2D eigenvalue weighted by Crippen LogP contribution is 1.96. The predicted octanol–water partition coefficient (Wildman–Crippen LogP) is -2.06. The standard InChI is InChI=1S/C6H14N2O2S/c1-7-3-5-8(6-4-7)11(2,9)10/h7H,1,3-6H2,2H3. The number of hydrogen-bond acceptors (Lipinski definition) is 2. The number of nitrogens with one attached hydrogen (secondary N) is 1. The Bertz CT molecular complexity index is 217. The number of quaternary nitrogens is 1. The van der Waals surface area contributed by atoms with E-state index in [0.717, 1.165) is 18.0 Å². The summed E-state index contributed by atoms with van der Waals surface area (Å²) >= 11 is 0. The van der Waals surface area contributed by atoms with E-state index in [-0.39, 0.29) is 0 Å². The molecule has 5 heteroatoms. The highest BCUT2D eigenvalue weighted by molar-refractivity contribution is 7.88. The van der Waals surface area contributed by atoms with E-state index in [1.54, 1.807) is 0 Å². The van der Waals surface area contributed by atoms with Gasteiger partial charge >= 0.3 is 0 Å². The van der Waals surface area contributed by atoms with Crippen molar-refractivity contribution in [3.8, 4) is 0 Å². The van der Waals surface area contributed by atoms with Crippen molar-refractivity contribution < 1.29 is 13.3 Å². The van der Waals surface area contributed by atoms with E-state index in [0.29, 0.717) is 13.1 Å². The number of nitrogens with zero attached hydrogens (tertiary/aromatic N) is 1. The zero-order chi connectivity index (χ0) is 8.48. The Morgan fingerprint density at radius 2 is 1.82 bits per heavy atom. The molecule has 1 N–H and O–H groups in total. The summed E-state index contributed by atoms with van der Waals surface area (Å²) in [5.41, 5.74) is 0.